The van der Waals surface area contributed by atoms with Gasteiger partial charge in [0.05, 0.1) is 42.6 Å². The molecule has 2 N–H and O–H groups in total. The number of piperazine rings is 1. The molecule has 4 aliphatic rings. The number of amides is 6. The smallest absolute Gasteiger partial charge is 0.270 e. The number of hydrogen-bond acceptors (Lipinski definition) is 13. The third-order valence-electron chi connectivity index (χ3n) is 11.3. The number of thioether (sulfide) groups is 1. The average molecular weight is 823 g/mol. The molecule has 1 aromatic carbocycles. The summed E-state index contributed by atoms with van der Waals surface area (Å²) in [7, 11) is 3.52. The molecule has 1 atom stereocenters. The predicted molar refractivity (Wildman–Crippen MR) is 219 cm³/mol. The van der Waals surface area contributed by atoms with Gasteiger partial charge in [-0.15, -0.1) is 11.8 Å². The molecular weight excluding hydrogens is 777 g/mol. The van der Waals surface area contributed by atoms with E-state index in [4.69, 9.17) is 9.72 Å². The molecule has 1 unspecified atom stereocenters. The van der Waals surface area contributed by atoms with Gasteiger partial charge in [0.2, 0.25) is 23.7 Å². The minimum Gasteiger partial charge on any atom is -0.380 e. The molecule has 4 aromatic rings. The van der Waals surface area contributed by atoms with Gasteiger partial charge in [-0.05, 0) is 49.6 Å². The van der Waals surface area contributed by atoms with Gasteiger partial charge in [0.1, 0.15) is 23.2 Å². The van der Waals surface area contributed by atoms with Crippen LogP contribution in [0.4, 0.5) is 17.5 Å². The largest absolute Gasteiger partial charge is 0.380 e. The summed E-state index contributed by atoms with van der Waals surface area (Å²) in [6.07, 6.45) is 8.22. The Morgan fingerprint density at radius 3 is 2.47 bits per heavy atom. The Morgan fingerprint density at radius 1 is 0.949 bits per heavy atom. The van der Waals surface area contributed by atoms with Crippen LogP contribution in [0.25, 0.3) is 11.0 Å². The van der Waals surface area contributed by atoms with Crippen molar-refractivity contribution >= 4 is 75.7 Å². The third kappa shape index (κ3) is 8.23. The van der Waals surface area contributed by atoms with Crippen LogP contribution < -0.4 is 15.5 Å². The minimum absolute atomic E-state index is 0.0164. The second-order valence-corrected chi connectivity index (χ2v) is 16.4. The maximum atomic E-state index is 13.3. The number of fused-ring (bicyclic) bond motifs is 2. The molecule has 2 saturated heterocycles. The van der Waals surface area contributed by atoms with E-state index in [1.54, 1.807) is 49.6 Å². The fourth-order valence-corrected chi connectivity index (χ4v) is 9.14. The summed E-state index contributed by atoms with van der Waals surface area (Å²) in [5.74, 6) is -0.697. The molecule has 6 amide bonds. The average Bonchev–Trinajstić information content (AvgIpc) is 3.96. The first kappa shape index (κ1) is 39.9. The quantitative estimate of drug-likeness (QED) is 0.113. The zero-order valence-corrected chi connectivity index (χ0v) is 33.8. The van der Waals surface area contributed by atoms with Crippen LogP contribution in [0.15, 0.2) is 53.7 Å². The van der Waals surface area contributed by atoms with Crippen LogP contribution in [0.2, 0.25) is 0 Å². The van der Waals surface area contributed by atoms with Gasteiger partial charge in [0.25, 0.3) is 17.7 Å². The number of imide groups is 2. The molecule has 18 heteroatoms. The lowest BCUT2D eigenvalue weighted by Crippen LogP contribution is -2.54. The van der Waals surface area contributed by atoms with Gasteiger partial charge in [0.15, 0.2) is 0 Å². The van der Waals surface area contributed by atoms with Crippen LogP contribution in [0.1, 0.15) is 82.2 Å². The van der Waals surface area contributed by atoms with Gasteiger partial charge in [-0.25, -0.2) is 9.97 Å². The third-order valence-corrected chi connectivity index (χ3v) is 12.3. The molecule has 0 spiro atoms. The zero-order chi connectivity index (χ0) is 41.2. The van der Waals surface area contributed by atoms with E-state index in [1.807, 2.05) is 23.1 Å². The fraction of sp³-hybridized carbons (Fsp3) is 0.439. The highest BCUT2D eigenvalue weighted by Gasteiger charge is 2.45. The Hall–Kier alpha value is -5.88. The van der Waals surface area contributed by atoms with Crippen molar-refractivity contribution in [1.29, 1.82) is 0 Å². The number of carbonyl (C=O) groups excluding carboxylic acids is 6. The lowest BCUT2D eigenvalue weighted by Gasteiger charge is -2.36. The number of carbonyl (C=O) groups is 6. The van der Waals surface area contributed by atoms with Crippen molar-refractivity contribution in [2.24, 2.45) is 0 Å². The Labute approximate surface area is 344 Å². The van der Waals surface area contributed by atoms with Crippen molar-refractivity contribution in [3.63, 3.8) is 0 Å². The number of ether oxygens (including phenoxy) is 1. The summed E-state index contributed by atoms with van der Waals surface area (Å²) in [6.45, 7) is 3.05. The molecule has 308 valence electrons. The van der Waals surface area contributed by atoms with Crippen molar-refractivity contribution in [3.8, 4) is 0 Å². The first-order chi connectivity index (χ1) is 28.6. The van der Waals surface area contributed by atoms with Crippen LogP contribution >= 0.6 is 11.8 Å². The normalized spacial score (nSPS) is 18.5. The fourth-order valence-electron chi connectivity index (χ4n) is 8.20. The summed E-state index contributed by atoms with van der Waals surface area (Å²) >= 11 is 1.37. The number of aromatic nitrogens is 4. The molecule has 3 aliphatic heterocycles. The standard InChI is InChI=1S/C41H46N10O7S/c1-47(2)39(56)30-22-25-23-43-41(46-36(25)50(30)26-6-3-4-7-26)44-32-12-10-27(24-42-32)48-15-17-49(18-16-48)34(53)14-19-58-20-21-59-31-9-5-8-28-35(31)40(57)51(38(28)55)29-11-13-33(52)45-37(29)54/h5,8-10,12,22-24,26,29H,3-4,6-7,11,13-21H2,1-2H3,(H,45,52,54)(H,42,43,44,46). The number of nitrogens with zero attached hydrogens (tertiary/aromatic N) is 8. The highest BCUT2D eigenvalue weighted by Crippen LogP contribution is 2.36. The number of piperidine rings is 1. The number of hydrogen-bond donors (Lipinski definition) is 2. The number of anilines is 3. The Kier molecular flexibility index (Phi) is 11.6. The summed E-state index contributed by atoms with van der Waals surface area (Å²) in [4.78, 5) is 97.6. The van der Waals surface area contributed by atoms with Gasteiger partial charge >= 0.3 is 0 Å². The molecule has 8 rings (SSSR count). The van der Waals surface area contributed by atoms with E-state index in [1.165, 1.54) is 11.8 Å². The molecule has 17 nitrogen and oxygen atoms in total. The van der Waals surface area contributed by atoms with Crippen LogP contribution in [0.3, 0.4) is 0 Å². The van der Waals surface area contributed by atoms with Gasteiger partial charge in [-0.3, -0.25) is 39.0 Å². The SMILES string of the molecule is CN(C)C(=O)c1cc2cnc(Nc3ccc(N4CCN(C(=O)CCOCCSc5cccc6c5C(=O)N(C5CCC(=O)NC5=O)C6=O)CC4)cn3)nc2n1C1CCCC1. The molecular formula is C41H46N10O7S. The van der Waals surface area contributed by atoms with Crippen LogP contribution in [0, 0.1) is 0 Å². The molecule has 0 bridgehead atoms. The van der Waals surface area contributed by atoms with Gasteiger partial charge in [-0.2, -0.15) is 4.98 Å². The first-order valence-electron chi connectivity index (χ1n) is 20.0. The summed E-state index contributed by atoms with van der Waals surface area (Å²) in [5.41, 5.74) is 2.81. The molecule has 59 heavy (non-hydrogen) atoms. The number of benzene rings is 1. The van der Waals surface area contributed by atoms with E-state index >= 15 is 0 Å². The van der Waals surface area contributed by atoms with Crippen LogP contribution in [0.5, 0.6) is 0 Å². The molecule has 3 aromatic heterocycles. The van der Waals surface area contributed by atoms with Crippen molar-refractivity contribution in [2.75, 3.05) is 69.5 Å². The maximum Gasteiger partial charge on any atom is 0.270 e. The summed E-state index contributed by atoms with van der Waals surface area (Å²) < 4.78 is 7.86. The summed E-state index contributed by atoms with van der Waals surface area (Å²) in [5, 5.41) is 6.26. The topological polar surface area (TPSA) is 192 Å². The van der Waals surface area contributed by atoms with E-state index in [0.717, 1.165) is 47.3 Å². The monoisotopic (exact) mass is 822 g/mol. The highest BCUT2D eigenvalue weighted by molar-refractivity contribution is 7.99. The second-order valence-electron chi connectivity index (χ2n) is 15.2. The molecule has 1 aliphatic carbocycles. The van der Waals surface area contributed by atoms with Crippen molar-refractivity contribution in [2.45, 2.75) is 61.9 Å². The van der Waals surface area contributed by atoms with Crippen molar-refractivity contribution in [3.05, 3.63) is 65.6 Å². The van der Waals surface area contributed by atoms with E-state index in [9.17, 15) is 28.8 Å². The lowest BCUT2D eigenvalue weighted by molar-refractivity contribution is -0.136. The maximum absolute atomic E-state index is 13.3. The molecule has 3 fully saturated rings. The first-order valence-corrected chi connectivity index (χ1v) is 21.0. The zero-order valence-electron chi connectivity index (χ0n) is 33.0. The minimum atomic E-state index is -1.02. The van der Waals surface area contributed by atoms with Gasteiger partial charge < -0.3 is 29.3 Å². The molecule has 0 radical (unpaired) electrons. The van der Waals surface area contributed by atoms with Crippen molar-refractivity contribution in [1.82, 2.24) is 39.5 Å². The second kappa shape index (κ2) is 17.1. The number of nitrogens with one attached hydrogen (secondary N) is 2. The van der Waals surface area contributed by atoms with E-state index in [-0.39, 0.29) is 54.9 Å². The highest BCUT2D eigenvalue weighted by atomic mass is 32.2. The molecule has 1 saturated carbocycles. The summed E-state index contributed by atoms with van der Waals surface area (Å²) in [6, 6.07) is 9.98. The predicted octanol–water partition coefficient (Wildman–Crippen LogP) is 3.64. The Balaban J connectivity index is 0.778. The number of pyridine rings is 1. The Bertz CT molecular complexity index is 2300. The van der Waals surface area contributed by atoms with Gasteiger partial charge in [-0.1, -0.05) is 18.9 Å². The number of rotatable bonds is 13. The molecule has 6 heterocycles. The van der Waals surface area contributed by atoms with Crippen molar-refractivity contribution < 1.29 is 33.5 Å². The van der Waals surface area contributed by atoms with E-state index in [2.05, 4.69) is 30.1 Å². The van der Waals surface area contributed by atoms with E-state index in [0.29, 0.717) is 60.9 Å². The van der Waals surface area contributed by atoms with E-state index < -0.39 is 29.7 Å². The van der Waals surface area contributed by atoms with Crippen LogP contribution in [-0.4, -0.2) is 135 Å². The Morgan fingerprint density at radius 2 is 1.75 bits per heavy atom. The van der Waals surface area contributed by atoms with Gasteiger partial charge in [0, 0.05) is 75.0 Å². The lowest BCUT2D eigenvalue weighted by atomic mass is 10.0. The van der Waals surface area contributed by atoms with Crippen LogP contribution in [-0.2, 0) is 19.1 Å².